The van der Waals surface area contributed by atoms with Gasteiger partial charge in [0.2, 0.25) is 0 Å². The SMILES string of the molecule is CN(C)CCOc1cc(F)cc(-c2cncc3[nH]c(-c4n[nH]c5ncc(-c6cncc(NC(O)C7CCCCC7)c6)cc45)cc23)c1. The first-order valence-electron chi connectivity index (χ1n) is 15.7. The molecule has 4 N–H and O–H groups in total. The summed E-state index contributed by atoms with van der Waals surface area (Å²) in [7, 11) is 3.93. The summed E-state index contributed by atoms with van der Waals surface area (Å²) in [6.07, 6.45) is 13.8. The zero-order valence-electron chi connectivity index (χ0n) is 25.9. The normalized spacial score (nSPS) is 14.7. The number of aliphatic hydroxyl groups is 1. The van der Waals surface area contributed by atoms with E-state index in [4.69, 9.17) is 4.74 Å². The first kappa shape index (κ1) is 29.8. The molecule has 7 rings (SSSR count). The highest BCUT2D eigenvalue weighted by Crippen LogP contribution is 2.36. The molecule has 236 valence electrons. The molecule has 0 aliphatic heterocycles. The Bertz CT molecular complexity index is 1980. The van der Waals surface area contributed by atoms with Gasteiger partial charge in [-0.25, -0.2) is 9.37 Å². The van der Waals surface area contributed by atoms with Crippen LogP contribution in [0.5, 0.6) is 5.75 Å². The highest BCUT2D eigenvalue weighted by molar-refractivity contribution is 6.00. The number of likely N-dealkylation sites (N-methyl/N-ethyl adjacent to an activating group) is 1. The summed E-state index contributed by atoms with van der Waals surface area (Å²) < 4.78 is 20.5. The van der Waals surface area contributed by atoms with E-state index in [1.807, 2.05) is 43.3 Å². The van der Waals surface area contributed by atoms with Crippen LogP contribution in [0.4, 0.5) is 10.1 Å². The zero-order valence-corrected chi connectivity index (χ0v) is 25.9. The van der Waals surface area contributed by atoms with E-state index in [-0.39, 0.29) is 11.7 Å². The fraction of sp³-hybridized carbons (Fsp3) is 0.314. The Morgan fingerprint density at radius 3 is 2.61 bits per heavy atom. The van der Waals surface area contributed by atoms with Crippen molar-refractivity contribution in [2.75, 3.05) is 32.6 Å². The lowest BCUT2D eigenvalue weighted by molar-refractivity contribution is 0.109. The van der Waals surface area contributed by atoms with Crippen LogP contribution < -0.4 is 10.1 Å². The number of aliphatic hydroxyl groups excluding tert-OH is 1. The summed E-state index contributed by atoms with van der Waals surface area (Å²) in [5, 5.41) is 23.4. The second-order valence-electron chi connectivity index (χ2n) is 12.3. The number of ether oxygens (including phenoxy) is 1. The van der Waals surface area contributed by atoms with Gasteiger partial charge in [0.1, 0.15) is 30.1 Å². The van der Waals surface area contributed by atoms with Crippen LogP contribution in [0.15, 0.2) is 67.4 Å². The van der Waals surface area contributed by atoms with Gasteiger partial charge in [0, 0.05) is 64.6 Å². The molecule has 46 heavy (non-hydrogen) atoms. The van der Waals surface area contributed by atoms with E-state index in [0.29, 0.717) is 29.3 Å². The lowest BCUT2D eigenvalue weighted by Crippen LogP contribution is -2.30. The van der Waals surface area contributed by atoms with E-state index in [0.717, 1.165) is 76.6 Å². The largest absolute Gasteiger partial charge is 0.492 e. The van der Waals surface area contributed by atoms with Crippen molar-refractivity contribution in [1.82, 2.24) is 35.0 Å². The van der Waals surface area contributed by atoms with E-state index in [1.165, 1.54) is 18.6 Å². The number of aromatic nitrogens is 6. The van der Waals surface area contributed by atoms with E-state index in [9.17, 15) is 9.50 Å². The first-order valence-corrected chi connectivity index (χ1v) is 15.7. The molecule has 11 heteroatoms. The summed E-state index contributed by atoms with van der Waals surface area (Å²) in [4.78, 5) is 19.0. The van der Waals surface area contributed by atoms with Gasteiger partial charge >= 0.3 is 0 Å². The van der Waals surface area contributed by atoms with Crippen LogP contribution in [0.2, 0.25) is 0 Å². The summed E-state index contributed by atoms with van der Waals surface area (Å²) in [5.74, 6) is 0.346. The van der Waals surface area contributed by atoms with Crippen LogP contribution >= 0.6 is 0 Å². The quantitative estimate of drug-likeness (QED) is 0.126. The Labute approximate surface area is 266 Å². The Hall–Kier alpha value is -4.87. The Balaban J connectivity index is 1.19. The maximum Gasteiger partial charge on any atom is 0.155 e. The van der Waals surface area contributed by atoms with Crippen LogP contribution in [-0.4, -0.2) is 73.6 Å². The number of rotatable bonds is 10. The molecule has 1 aliphatic carbocycles. The van der Waals surface area contributed by atoms with Gasteiger partial charge in [0.15, 0.2) is 5.65 Å². The van der Waals surface area contributed by atoms with Crippen molar-refractivity contribution in [2.24, 2.45) is 5.92 Å². The first-order chi connectivity index (χ1) is 22.4. The third-order valence-corrected chi connectivity index (χ3v) is 8.69. The van der Waals surface area contributed by atoms with Gasteiger partial charge < -0.3 is 25.0 Å². The van der Waals surface area contributed by atoms with Crippen LogP contribution in [0.25, 0.3) is 55.6 Å². The van der Waals surface area contributed by atoms with Crippen LogP contribution in [0, 0.1) is 11.7 Å². The van der Waals surface area contributed by atoms with Gasteiger partial charge in [0.05, 0.1) is 29.3 Å². The molecular formula is C35H37FN8O2. The number of halogens is 1. The number of nitrogens with zero attached hydrogens (tertiary/aromatic N) is 5. The van der Waals surface area contributed by atoms with E-state index >= 15 is 0 Å². The molecule has 0 bridgehead atoms. The molecule has 1 unspecified atom stereocenters. The van der Waals surface area contributed by atoms with Crippen molar-refractivity contribution in [1.29, 1.82) is 0 Å². The van der Waals surface area contributed by atoms with Crippen LogP contribution in [0.1, 0.15) is 32.1 Å². The summed E-state index contributed by atoms with van der Waals surface area (Å²) in [5.41, 5.74) is 6.89. The van der Waals surface area contributed by atoms with Gasteiger partial charge in [0.25, 0.3) is 0 Å². The molecular weight excluding hydrogens is 583 g/mol. The minimum absolute atomic E-state index is 0.250. The van der Waals surface area contributed by atoms with Crippen molar-refractivity contribution in [2.45, 2.75) is 38.3 Å². The minimum Gasteiger partial charge on any atom is -0.492 e. The smallest absolute Gasteiger partial charge is 0.155 e. The van der Waals surface area contributed by atoms with Gasteiger partial charge in [-0.1, -0.05) is 19.3 Å². The van der Waals surface area contributed by atoms with E-state index < -0.39 is 6.23 Å². The van der Waals surface area contributed by atoms with E-state index in [1.54, 1.807) is 31.0 Å². The molecule has 0 spiro atoms. The summed E-state index contributed by atoms with van der Waals surface area (Å²) >= 11 is 0. The number of hydrogen-bond donors (Lipinski definition) is 4. The lowest BCUT2D eigenvalue weighted by atomic mass is 9.88. The molecule has 0 radical (unpaired) electrons. The second kappa shape index (κ2) is 12.9. The molecule has 10 nitrogen and oxygen atoms in total. The molecule has 6 aromatic rings. The Kier molecular flexibility index (Phi) is 8.33. The Morgan fingerprint density at radius 1 is 0.935 bits per heavy atom. The van der Waals surface area contributed by atoms with Gasteiger partial charge in [-0.15, -0.1) is 0 Å². The highest BCUT2D eigenvalue weighted by atomic mass is 19.1. The number of nitrogens with one attached hydrogen (secondary N) is 3. The lowest BCUT2D eigenvalue weighted by Gasteiger charge is -2.27. The summed E-state index contributed by atoms with van der Waals surface area (Å²) in [6, 6.07) is 10.8. The van der Waals surface area contributed by atoms with Crippen molar-refractivity contribution < 1.29 is 14.2 Å². The van der Waals surface area contributed by atoms with Crippen molar-refractivity contribution >= 4 is 27.6 Å². The highest BCUT2D eigenvalue weighted by Gasteiger charge is 2.22. The fourth-order valence-electron chi connectivity index (χ4n) is 6.24. The van der Waals surface area contributed by atoms with Crippen molar-refractivity contribution in [3.05, 3.63) is 73.2 Å². The van der Waals surface area contributed by atoms with Gasteiger partial charge in [-0.05, 0) is 62.8 Å². The number of benzene rings is 1. The third kappa shape index (κ3) is 6.29. The van der Waals surface area contributed by atoms with Crippen molar-refractivity contribution in [3.8, 4) is 39.4 Å². The van der Waals surface area contributed by atoms with Crippen LogP contribution in [0.3, 0.4) is 0 Å². The van der Waals surface area contributed by atoms with E-state index in [2.05, 4.69) is 35.5 Å². The molecule has 1 fully saturated rings. The minimum atomic E-state index is -0.602. The molecule has 5 aromatic heterocycles. The van der Waals surface area contributed by atoms with Crippen molar-refractivity contribution in [3.63, 3.8) is 0 Å². The molecule has 1 aliphatic rings. The topological polar surface area (TPSA) is 128 Å². The number of pyridine rings is 3. The van der Waals surface area contributed by atoms with Crippen LogP contribution in [-0.2, 0) is 0 Å². The molecule has 0 amide bonds. The predicted octanol–water partition coefficient (Wildman–Crippen LogP) is 6.62. The average Bonchev–Trinajstić information content (AvgIpc) is 3.69. The third-order valence-electron chi connectivity index (χ3n) is 8.69. The van der Waals surface area contributed by atoms with Gasteiger partial charge in [-0.2, -0.15) is 5.10 Å². The number of hydrogen-bond acceptors (Lipinski definition) is 8. The maximum absolute atomic E-state index is 14.7. The predicted molar refractivity (Wildman–Crippen MR) is 178 cm³/mol. The summed E-state index contributed by atoms with van der Waals surface area (Å²) in [6.45, 7) is 1.18. The number of H-pyrrole nitrogens is 2. The zero-order chi connectivity index (χ0) is 31.6. The molecule has 5 heterocycles. The molecule has 1 aromatic carbocycles. The number of aromatic amines is 2. The molecule has 1 atom stereocenters. The Morgan fingerprint density at radius 2 is 1.76 bits per heavy atom. The molecule has 1 saturated carbocycles. The molecule has 0 saturated heterocycles. The number of fused-ring (bicyclic) bond motifs is 2. The monoisotopic (exact) mass is 620 g/mol. The maximum atomic E-state index is 14.7. The number of anilines is 1. The second-order valence-corrected chi connectivity index (χ2v) is 12.3. The fourth-order valence-corrected chi connectivity index (χ4v) is 6.24. The average molecular weight is 621 g/mol. The van der Waals surface area contributed by atoms with Gasteiger partial charge in [-0.3, -0.25) is 15.1 Å². The standard InChI is InChI=1S/C35H37FN8O2/c1-44(2)8-9-46-27-12-22(10-25(36)14-27)30-19-38-20-32-28(30)15-31(41-32)33-29-13-24(17-39-34(29)43-42-33)23-11-26(18-37-16-23)40-35(45)21-6-4-3-5-7-21/h10-21,35,40-41,45H,3-9H2,1-2H3,(H,39,42,43).